The Bertz CT molecular complexity index is 863. The zero-order valence-electron chi connectivity index (χ0n) is 14.9. The van der Waals surface area contributed by atoms with Crippen LogP contribution in [0.5, 0.6) is 5.75 Å². The summed E-state index contributed by atoms with van der Waals surface area (Å²) in [6.07, 6.45) is 0.259. The van der Waals surface area contributed by atoms with E-state index in [9.17, 15) is 23.2 Å². The Kier molecular flexibility index (Phi) is 6.27. The highest BCUT2D eigenvalue weighted by Gasteiger charge is 2.23. The minimum absolute atomic E-state index is 0.0171. The molecule has 1 aromatic carbocycles. The molecule has 2 aromatic rings. The number of Topliss-reactive ketones (excluding diaryl/α,β-unsaturated/α-hetero) is 1. The van der Waals surface area contributed by atoms with Gasteiger partial charge in [-0.1, -0.05) is 12.1 Å². The van der Waals surface area contributed by atoms with Crippen molar-refractivity contribution in [3.05, 3.63) is 47.8 Å². The second-order valence-electron chi connectivity index (χ2n) is 5.69. The van der Waals surface area contributed by atoms with Crippen LogP contribution in [0.2, 0.25) is 0 Å². The molecule has 0 unspecified atom stereocenters. The van der Waals surface area contributed by atoms with E-state index in [2.05, 4.69) is 10.1 Å². The summed E-state index contributed by atoms with van der Waals surface area (Å²) >= 11 is 0. The number of carbonyl (C=O) groups excluding carboxylic acids is 3. The molecule has 0 bridgehead atoms. The number of rotatable bonds is 7. The van der Waals surface area contributed by atoms with Gasteiger partial charge in [-0.25, -0.2) is 4.79 Å². The Labute approximate surface area is 153 Å². The summed E-state index contributed by atoms with van der Waals surface area (Å²) in [5.41, 5.74) is 0.448. The zero-order chi connectivity index (χ0) is 20.1. The standard InChI is InChI=1S/C18H18F2N2O5/c1-10(23)12-8-14(22(3)9-12)17(25)26-11(2)16(24)21-13-6-4-5-7-15(13)27-18(19)20/h4-9,11,18H,1-3H3,(H,21,24)/t11-/m1/s1. The molecule has 7 nitrogen and oxygen atoms in total. The summed E-state index contributed by atoms with van der Waals surface area (Å²) in [5.74, 6) is -1.96. The molecule has 2 rings (SSSR count). The highest BCUT2D eigenvalue weighted by Crippen LogP contribution is 2.25. The molecular formula is C18H18F2N2O5. The molecule has 0 aliphatic heterocycles. The van der Waals surface area contributed by atoms with Gasteiger partial charge in [0.2, 0.25) is 0 Å². The van der Waals surface area contributed by atoms with Crippen LogP contribution in [0.25, 0.3) is 0 Å². The number of halogens is 2. The number of hydrogen-bond donors (Lipinski definition) is 1. The third-order valence-electron chi connectivity index (χ3n) is 3.63. The van der Waals surface area contributed by atoms with Gasteiger partial charge in [0.25, 0.3) is 5.91 Å². The maximum absolute atomic E-state index is 12.4. The molecule has 1 heterocycles. The van der Waals surface area contributed by atoms with Crippen molar-refractivity contribution in [2.45, 2.75) is 26.6 Å². The number of para-hydroxylation sites is 2. The van der Waals surface area contributed by atoms with Crippen molar-refractivity contribution in [2.75, 3.05) is 5.32 Å². The van der Waals surface area contributed by atoms with Gasteiger partial charge >= 0.3 is 12.6 Å². The maximum Gasteiger partial charge on any atom is 0.387 e. The van der Waals surface area contributed by atoms with Gasteiger partial charge in [0, 0.05) is 18.8 Å². The third kappa shape index (κ3) is 5.13. The van der Waals surface area contributed by atoms with Crippen LogP contribution >= 0.6 is 0 Å². The third-order valence-corrected chi connectivity index (χ3v) is 3.63. The summed E-state index contributed by atoms with van der Waals surface area (Å²) in [6.45, 7) is -0.357. The first-order chi connectivity index (χ1) is 12.7. The first kappa shape index (κ1) is 20.1. The molecule has 1 aromatic heterocycles. The number of aryl methyl sites for hydroxylation is 1. The van der Waals surface area contributed by atoms with Gasteiger partial charge in [-0.05, 0) is 32.0 Å². The molecule has 0 aliphatic rings. The lowest BCUT2D eigenvalue weighted by molar-refractivity contribution is -0.123. The first-order valence-corrected chi connectivity index (χ1v) is 7.92. The van der Waals surface area contributed by atoms with Crippen LogP contribution in [0.4, 0.5) is 14.5 Å². The smallest absolute Gasteiger partial charge is 0.387 e. The van der Waals surface area contributed by atoms with Crippen LogP contribution in [0.3, 0.4) is 0 Å². The predicted molar refractivity (Wildman–Crippen MR) is 92.0 cm³/mol. The number of aromatic nitrogens is 1. The number of nitrogens with one attached hydrogen (secondary N) is 1. The van der Waals surface area contributed by atoms with E-state index in [0.29, 0.717) is 5.56 Å². The molecule has 144 valence electrons. The van der Waals surface area contributed by atoms with Crippen molar-refractivity contribution in [3.8, 4) is 5.75 Å². The van der Waals surface area contributed by atoms with Crippen molar-refractivity contribution < 1.29 is 32.6 Å². The lowest BCUT2D eigenvalue weighted by atomic mass is 10.2. The molecule has 0 spiro atoms. The molecule has 1 N–H and O–H groups in total. The van der Waals surface area contributed by atoms with Crippen LogP contribution in [0.15, 0.2) is 36.5 Å². The molecular weight excluding hydrogens is 362 g/mol. The van der Waals surface area contributed by atoms with Crippen LogP contribution in [0.1, 0.15) is 34.7 Å². The monoisotopic (exact) mass is 380 g/mol. The van der Waals surface area contributed by atoms with Gasteiger partial charge in [0.15, 0.2) is 11.9 Å². The van der Waals surface area contributed by atoms with Crippen LogP contribution in [-0.4, -0.2) is 34.9 Å². The van der Waals surface area contributed by atoms with Crippen molar-refractivity contribution in [3.63, 3.8) is 0 Å². The normalized spacial score (nSPS) is 11.8. The topological polar surface area (TPSA) is 86.6 Å². The highest BCUT2D eigenvalue weighted by atomic mass is 19.3. The molecule has 1 amide bonds. The lowest BCUT2D eigenvalue weighted by Crippen LogP contribution is -2.30. The number of nitrogens with zero attached hydrogens (tertiary/aromatic N) is 1. The zero-order valence-corrected chi connectivity index (χ0v) is 14.9. The quantitative estimate of drug-likeness (QED) is 0.589. The number of benzene rings is 1. The van der Waals surface area contributed by atoms with Gasteiger partial charge < -0.3 is 19.4 Å². The van der Waals surface area contributed by atoms with Crippen molar-refractivity contribution in [1.82, 2.24) is 4.57 Å². The molecule has 0 saturated heterocycles. The van der Waals surface area contributed by atoms with E-state index in [1.54, 1.807) is 7.05 Å². The van der Waals surface area contributed by atoms with Crippen molar-refractivity contribution in [1.29, 1.82) is 0 Å². The molecule has 0 aliphatic carbocycles. The Morgan fingerprint density at radius 2 is 1.85 bits per heavy atom. The number of hydrogen-bond acceptors (Lipinski definition) is 5. The SMILES string of the molecule is CC(=O)c1cc(C(=O)O[C@H](C)C(=O)Nc2ccccc2OC(F)F)n(C)c1. The van der Waals surface area contributed by atoms with E-state index < -0.39 is 24.6 Å². The van der Waals surface area contributed by atoms with Gasteiger partial charge in [-0.3, -0.25) is 9.59 Å². The number of esters is 1. The van der Waals surface area contributed by atoms with E-state index >= 15 is 0 Å². The number of anilines is 1. The molecule has 0 fully saturated rings. The predicted octanol–water partition coefficient (Wildman–Crippen LogP) is 3.01. The summed E-state index contributed by atoms with van der Waals surface area (Å²) < 4.78 is 35.7. The molecule has 0 radical (unpaired) electrons. The van der Waals surface area contributed by atoms with Crippen LogP contribution in [-0.2, 0) is 16.6 Å². The summed E-state index contributed by atoms with van der Waals surface area (Å²) in [7, 11) is 1.56. The fraction of sp³-hybridized carbons (Fsp3) is 0.278. The highest BCUT2D eigenvalue weighted by molar-refractivity contribution is 6.00. The minimum Gasteiger partial charge on any atom is -0.448 e. The van der Waals surface area contributed by atoms with Crippen LogP contribution < -0.4 is 10.1 Å². The van der Waals surface area contributed by atoms with Crippen LogP contribution in [0, 0.1) is 0 Å². The number of carbonyl (C=O) groups is 3. The van der Waals surface area contributed by atoms with Crippen molar-refractivity contribution in [2.24, 2.45) is 7.05 Å². The Morgan fingerprint density at radius 1 is 1.19 bits per heavy atom. The number of ether oxygens (including phenoxy) is 2. The maximum atomic E-state index is 12.4. The van der Waals surface area contributed by atoms with Gasteiger partial charge in [-0.2, -0.15) is 8.78 Å². The van der Waals surface area contributed by atoms with Gasteiger partial charge in [-0.15, -0.1) is 0 Å². The van der Waals surface area contributed by atoms with E-state index in [0.717, 1.165) is 0 Å². The second kappa shape index (κ2) is 8.43. The fourth-order valence-corrected chi connectivity index (χ4v) is 2.24. The van der Waals surface area contributed by atoms with E-state index in [4.69, 9.17) is 4.74 Å². The summed E-state index contributed by atoms with van der Waals surface area (Å²) in [6, 6.07) is 7.00. The van der Waals surface area contributed by atoms with Gasteiger partial charge in [0.05, 0.1) is 5.69 Å². The first-order valence-electron chi connectivity index (χ1n) is 7.92. The molecule has 9 heteroatoms. The Balaban J connectivity index is 2.06. The molecule has 27 heavy (non-hydrogen) atoms. The Hall–Kier alpha value is -3.23. The number of alkyl halides is 2. The minimum atomic E-state index is -3.05. The Morgan fingerprint density at radius 3 is 2.44 bits per heavy atom. The van der Waals surface area contributed by atoms with E-state index in [1.807, 2.05) is 0 Å². The fourth-order valence-electron chi connectivity index (χ4n) is 2.24. The molecule has 1 atom stereocenters. The molecule has 0 saturated carbocycles. The van der Waals surface area contributed by atoms with E-state index in [-0.39, 0.29) is 22.9 Å². The lowest BCUT2D eigenvalue weighted by Gasteiger charge is -2.15. The largest absolute Gasteiger partial charge is 0.448 e. The van der Waals surface area contributed by atoms with E-state index in [1.165, 1.54) is 54.9 Å². The number of amides is 1. The second-order valence-corrected chi connectivity index (χ2v) is 5.69. The summed E-state index contributed by atoms with van der Waals surface area (Å²) in [5, 5.41) is 2.38. The average Bonchev–Trinajstić information content (AvgIpc) is 2.98. The van der Waals surface area contributed by atoms with Gasteiger partial charge in [0.1, 0.15) is 11.4 Å². The number of ketones is 1. The van der Waals surface area contributed by atoms with Crippen molar-refractivity contribution >= 4 is 23.3 Å². The summed E-state index contributed by atoms with van der Waals surface area (Å²) in [4.78, 5) is 35.8. The average molecular weight is 380 g/mol.